The van der Waals surface area contributed by atoms with E-state index in [2.05, 4.69) is 32.6 Å². The molecule has 2 aromatic heterocycles. The molecule has 1 aliphatic heterocycles. The molecule has 0 spiro atoms. The van der Waals surface area contributed by atoms with Gasteiger partial charge in [0.1, 0.15) is 30.2 Å². The molecule has 0 aromatic carbocycles. The molecule has 0 amide bonds. The molecule has 35 heavy (non-hydrogen) atoms. The molecular formula is C10H17N5O16P4. The Morgan fingerprint density at radius 3 is 2.17 bits per heavy atom. The van der Waals surface area contributed by atoms with Gasteiger partial charge in [0.2, 0.25) is 0 Å². The number of aromatic nitrogens is 4. The summed E-state index contributed by atoms with van der Waals surface area (Å²) >= 11 is 0. The Kier molecular flexibility index (Phi) is 8.04. The van der Waals surface area contributed by atoms with Crippen LogP contribution in [0, 0.1) is 0 Å². The minimum atomic E-state index is -5.61. The maximum atomic E-state index is 12.0. The predicted molar refractivity (Wildman–Crippen MR) is 106 cm³/mol. The van der Waals surface area contributed by atoms with Crippen LogP contribution in [0.25, 0.3) is 11.2 Å². The molecule has 2 unspecified atom stereocenters. The van der Waals surface area contributed by atoms with Gasteiger partial charge in [-0.05, 0) is 0 Å². The second kappa shape index (κ2) is 9.92. The molecular weight excluding hydrogens is 570 g/mol. The molecule has 0 aliphatic carbocycles. The molecule has 0 saturated carbocycles. The third kappa shape index (κ3) is 7.41. The minimum absolute atomic E-state index is 0.0156. The lowest BCUT2D eigenvalue weighted by molar-refractivity contribution is -0.0501. The topological polar surface area (TPSA) is 326 Å². The van der Waals surface area contributed by atoms with Crippen molar-refractivity contribution < 1.29 is 75.1 Å². The van der Waals surface area contributed by atoms with E-state index in [4.69, 9.17) is 30.0 Å². The maximum Gasteiger partial charge on any atom is 0.481 e. The van der Waals surface area contributed by atoms with Crippen LogP contribution in [0.2, 0.25) is 0 Å². The molecule has 0 radical (unpaired) electrons. The van der Waals surface area contributed by atoms with Crippen molar-refractivity contribution in [3.8, 4) is 0 Å². The fourth-order valence-electron chi connectivity index (χ4n) is 2.90. The van der Waals surface area contributed by atoms with Gasteiger partial charge in [0, 0.05) is 0 Å². The van der Waals surface area contributed by atoms with Crippen molar-refractivity contribution in [2.24, 2.45) is 0 Å². The van der Waals surface area contributed by atoms with E-state index in [1.165, 1.54) is 0 Å². The fourth-order valence-corrected chi connectivity index (χ4v) is 6.30. The number of nitrogens with two attached hydrogens (primary N) is 1. The Hall–Kier alpha value is -1.21. The number of phosphoric ester groups is 2. The Labute approximate surface area is 193 Å². The SMILES string of the molecule is Nc1ncnc2c1ncn2[C@@H]1O[C@H](COP(=O)(O)OP(=O)(O)O)[C@@H](OP(=O)(O)OP(=O)(O)O)[C@H]1O. The molecule has 2 aromatic rings. The summed E-state index contributed by atoms with van der Waals surface area (Å²) in [6.45, 7) is -1.17. The van der Waals surface area contributed by atoms with Crippen LogP contribution < -0.4 is 5.73 Å². The number of phosphoric acid groups is 4. The van der Waals surface area contributed by atoms with Crippen LogP contribution in [0.3, 0.4) is 0 Å². The van der Waals surface area contributed by atoms with Gasteiger partial charge < -0.3 is 44.9 Å². The van der Waals surface area contributed by atoms with Crippen molar-refractivity contribution >= 4 is 48.3 Å². The van der Waals surface area contributed by atoms with Gasteiger partial charge in [-0.2, -0.15) is 8.62 Å². The van der Waals surface area contributed by atoms with Gasteiger partial charge in [-0.25, -0.2) is 33.2 Å². The number of hydrogen-bond acceptors (Lipinski definition) is 14. The number of anilines is 1. The van der Waals surface area contributed by atoms with Crippen molar-refractivity contribution in [3.05, 3.63) is 12.7 Å². The molecule has 6 atom stereocenters. The average molecular weight is 587 g/mol. The molecule has 3 heterocycles. The second-order valence-corrected chi connectivity index (χ2v) is 12.2. The molecule has 21 nitrogen and oxygen atoms in total. The largest absolute Gasteiger partial charge is 0.481 e. The number of nitrogens with zero attached hydrogens (tertiary/aromatic N) is 4. The summed E-state index contributed by atoms with van der Waals surface area (Å²) in [6, 6.07) is 0. The molecule has 1 fully saturated rings. The van der Waals surface area contributed by atoms with Gasteiger partial charge >= 0.3 is 31.3 Å². The highest BCUT2D eigenvalue weighted by molar-refractivity contribution is 7.61. The summed E-state index contributed by atoms with van der Waals surface area (Å²) in [6.07, 6.45) is -5.37. The molecule has 1 aliphatic rings. The third-order valence-electron chi connectivity index (χ3n) is 4.05. The highest BCUT2D eigenvalue weighted by Gasteiger charge is 2.51. The molecule has 25 heteroatoms. The number of hydrogen-bond donors (Lipinski definition) is 8. The van der Waals surface area contributed by atoms with Crippen LogP contribution in [0.4, 0.5) is 5.82 Å². The Bertz CT molecular complexity index is 1270. The first-order valence-corrected chi connectivity index (χ1v) is 14.7. The minimum Gasteiger partial charge on any atom is -0.386 e. The summed E-state index contributed by atoms with van der Waals surface area (Å²) in [5.74, 6) is -0.0698. The number of aliphatic hydroxyl groups excluding tert-OH is 1. The quantitative estimate of drug-likeness (QED) is 0.146. The number of aliphatic hydroxyl groups is 1. The average Bonchev–Trinajstić information content (AvgIpc) is 3.19. The van der Waals surface area contributed by atoms with Gasteiger partial charge in [0.25, 0.3) is 0 Å². The van der Waals surface area contributed by atoms with Crippen LogP contribution >= 0.6 is 31.3 Å². The van der Waals surface area contributed by atoms with Gasteiger partial charge in [-0.1, -0.05) is 0 Å². The Morgan fingerprint density at radius 1 is 0.971 bits per heavy atom. The van der Waals surface area contributed by atoms with Gasteiger partial charge in [0.15, 0.2) is 17.7 Å². The smallest absolute Gasteiger partial charge is 0.386 e. The van der Waals surface area contributed by atoms with Crippen LogP contribution in [0.1, 0.15) is 6.23 Å². The molecule has 3 rings (SSSR count). The van der Waals surface area contributed by atoms with E-state index in [0.717, 1.165) is 17.2 Å². The first-order valence-electron chi connectivity index (χ1n) is 8.66. The van der Waals surface area contributed by atoms with E-state index >= 15 is 0 Å². The number of ether oxygens (including phenoxy) is 1. The van der Waals surface area contributed by atoms with E-state index in [1.807, 2.05) is 0 Å². The van der Waals surface area contributed by atoms with Crippen LogP contribution in [0.15, 0.2) is 12.7 Å². The molecule has 9 N–H and O–H groups in total. The number of imidazole rings is 1. The molecule has 198 valence electrons. The van der Waals surface area contributed by atoms with E-state index in [1.54, 1.807) is 0 Å². The van der Waals surface area contributed by atoms with Crippen molar-refractivity contribution in [2.75, 3.05) is 12.3 Å². The summed E-state index contributed by atoms with van der Waals surface area (Å²) in [4.78, 5) is 65.6. The highest BCUT2D eigenvalue weighted by atomic mass is 31.3. The van der Waals surface area contributed by atoms with E-state index in [-0.39, 0.29) is 17.0 Å². The number of fused-ring (bicyclic) bond motifs is 1. The monoisotopic (exact) mass is 587 g/mol. The maximum absolute atomic E-state index is 12.0. The zero-order chi connectivity index (χ0) is 26.4. The summed E-state index contributed by atoms with van der Waals surface area (Å²) in [7, 11) is -22.1. The lowest BCUT2D eigenvalue weighted by atomic mass is 10.1. The summed E-state index contributed by atoms with van der Waals surface area (Å²) in [5, 5.41) is 10.7. The second-order valence-electron chi connectivity index (χ2n) is 6.59. The Morgan fingerprint density at radius 2 is 1.57 bits per heavy atom. The number of rotatable bonds is 10. The summed E-state index contributed by atoms with van der Waals surface area (Å²) in [5.41, 5.74) is 5.71. The van der Waals surface area contributed by atoms with Gasteiger partial charge in [0.05, 0.1) is 12.9 Å². The highest BCUT2D eigenvalue weighted by Crippen LogP contribution is 2.60. The lowest BCUT2D eigenvalue weighted by Gasteiger charge is -2.23. The fraction of sp³-hybridized carbons (Fsp3) is 0.500. The van der Waals surface area contributed by atoms with Crippen molar-refractivity contribution in [1.29, 1.82) is 0 Å². The first kappa shape index (κ1) is 28.4. The first-order chi connectivity index (χ1) is 15.9. The summed E-state index contributed by atoms with van der Waals surface area (Å²) < 4.78 is 68.3. The van der Waals surface area contributed by atoms with Crippen molar-refractivity contribution in [3.63, 3.8) is 0 Å². The van der Waals surface area contributed by atoms with Gasteiger partial charge in [-0.3, -0.25) is 13.6 Å². The normalized spacial score (nSPS) is 27.1. The van der Waals surface area contributed by atoms with E-state index in [0.29, 0.717) is 0 Å². The molecule has 1 saturated heterocycles. The lowest BCUT2D eigenvalue weighted by Crippen LogP contribution is -2.36. The standard InChI is InChI=1S/C10H17N5O16P4/c11-8-5-9(13-2-12-8)15(3-14-5)10-6(16)7(29-35(25,26)31-33(20,21)22)4(28-10)1-27-34(23,24)30-32(17,18)19/h2-4,6-7,10,16H,1H2,(H,23,24)(H,25,26)(H2,11,12,13)(H2,17,18,19)(H2,20,21,22)/t4-,6-,7-,10-/m1/s1. The van der Waals surface area contributed by atoms with Crippen molar-refractivity contribution in [1.82, 2.24) is 19.5 Å². The van der Waals surface area contributed by atoms with Crippen LogP contribution in [-0.2, 0) is 40.7 Å². The molecule has 0 bridgehead atoms. The van der Waals surface area contributed by atoms with E-state index < -0.39 is 62.4 Å². The van der Waals surface area contributed by atoms with E-state index in [9.17, 15) is 33.2 Å². The van der Waals surface area contributed by atoms with Crippen molar-refractivity contribution in [2.45, 2.75) is 24.5 Å². The number of nitrogen functional groups attached to an aromatic ring is 1. The van der Waals surface area contributed by atoms with Gasteiger partial charge in [-0.15, -0.1) is 0 Å². The third-order valence-corrected chi connectivity index (χ3v) is 8.38. The predicted octanol–water partition coefficient (Wildman–Crippen LogP) is -1.51. The van der Waals surface area contributed by atoms with Crippen LogP contribution in [-0.4, -0.2) is 78.9 Å². The zero-order valence-electron chi connectivity index (χ0n) is 16.6. The zero-order valence-corrected chi connectivity index (χ0v) is 20.2. The Balaban J connectivity index is 1.91. The van der Waals surface area contributed by atoms with Crippen LogP contribution in [0.5, 0.6) is 0 Å².